The van der Waals surface area contributed by atoms with Crippen LogP contribution in [-0.2, 0) is 11.8 Å². The van der Waals surface area contributed by atoms with Crippen molar-refractivity contribution in [2.24, 2.45) is 5.84 Å². The molecule has 0 bridgehead atoms. The van der Waals surface area contributed by atoms with Gasteiger partial charge in [0.05, 0.1) is 12.2 Å². The number of halogens is 1. The molecular weight excluding hydrogens is 265 g/mol. The van der Waals surface area contributed by atoms with Gasteiger partial charge in [-0.2, -0.15) is 0 Å². The van der Waals surface area contributed by atoms with E-state index in [1.807, 2.05) is 0 Å². The molecule has 4 heteroatoms. The third-order valence-electron chi connectivity index (χ3n) is 3.59. The molecule has 1 heterocycles. The van der Waals surface area contributed by atoms with Gasteiger partial charge in [-0.05, 0) is 34.6 Å². The van der Waals surface area contributed by atoms with Crippen molar-refractivity contribution in [3.05, 3.63) is 65.2 Å². The van der Waals surface area contributed by atoms with Crippen LogP contribution in [0.3, 0.4) is 0 Å². The molecule has 0 saturated heterocycles. The molecule has 1 unspecified atom stereocenters. The minimum Gasteiger partial charge on any atom is -0.271 e. The van der Waals surface area contributed by atoms with Crippen LogP contribution >= 0.6 is 0 Å². The number of nitrogens with two attached hydrogens (primary N) is 1. The van der Waals surface area contributed by atoms with E-state index in [2.05, 4.69) is 55.4 Å². The van der Waals surface area contributed by atoms with Crippen LogP contribution in [0.15, 0.2) is 42.7 Å². The maximum atomic E-state index is 13.3. The molecular formula is C17H22FN3. The summed E-state index contributed by atoms with van der Waals surface area (Å²) in [7, 11) is 0. The third-order valence-corrected chi connectivity index (χ3v) is 3.59. The lowest BCUT2D eigenvalue weighted by Gasteiger charge is -2.20. The Balaban J connectivity index is 2.15. The van der Waals surface area contributed by atoms with Gasteiger partial charge in [0.2, 0.25) is 0 Å². The van der Waals surface area contributed by atoms with E-state index >= 15 is 0 Å². The normalized spacial score (nSPS) is 13.2. The fourth-order valence-corrected chi connectivity index (χ4v) is 2.27. The summed E-state index contributed by atoms with van der Waals surface area (Å²) in [4.78, 5) is 3.87. The number of pyridine rings is 1. The Morgan fingerprint density at radius 3 is 2.38 bits per heavy atom. The number of hydrogen-bond acceptors (Lipinski definition) is 3. The Morgan fingerprint density at radius 1 is 1.19 bits per heavy atom. The highest BCUT2D eigenvalue weighted by molar-refractivity contribution is 5.29. The molecule has 112 valence electrons. The van der Waals surface area contributed by atoms with Crippen molar-refractivity contribution in [2.45, 2.75) is 38.6 Å². The zero-order valence-electron chi connectivity index (χ0n) is 12.7. The van der Waals surface area contributed by atoms with Crippen molar-refractivity contribution in [3.8, 4) is 0 Å². The smallest absolute Gasteiger partial charge is 0.141 e. The van der Waals surface area contributed by atoms with Crippen molar-refractivity contribution in [1.29, 1.82) is 0 Å². The first kappa shape index (κ1) is 15.6. The summed E-state index contributed by atoms with van der Waals surface area (Å²) >= 11 is 0. The Bertz CT molecular complexity index is 588. The van der Waals surface area contributed by atoms with Crippen LogP contribution in [0, 0.1) is 5.82 Å². The Morgan fingerprint density at radius 2 is 1.86 bits per heavy atom. The highest BCUT2D eigenvalue weighted by Gasteiger charge is 2.15. The second kappa shape index (κ2) is 6.33. The van der Waals surface area contributed by atoms with E-state index in [1.165, 1.54) is 17.8 Å². The van der Waals surface area contributed by atoms with Gasteiger partial charge in [-0.25, -0.2) is 4.39 Å². The van der Waals surface area contributed by atoms with E-state index in [-0.39, 0.29) is 17.3 Å². The fraction of sp³-hybridized carbons (Fsp3) is 0.353. The monoisotopic (exact) mass is 287 g/mol. The molecule has 1 atom stereocenters. The summed E-state index contributed by atoms with van der Waals surface area (Å²) in [5.41, 5.74) is 6.05. The zero-order valence-corrected chi connectivity index (χ0v) is 12.7. The molecule has 2 aromatic rings. The summed E-state index contributed by atoms with van der Waals surface area (Å²) in [6.45, 7) is 6.56. The lowest BCUT2D eigenvalue weighted by atomic mass is 9.86. The molecule has 1 aromatic carbocycles. The van der Waals surface area contributed by atoms with Gasteiger partial charge in [0, 0.05) is 6.20 Å². The van der Waals surface area contributed by atoms with Gasteiger partial charge in [0.15, 0.2) is 0 Å². The molecule has 0 aliphatic heterocycles. The minimum absolute atomic E-state index is 0.135. The summed E-state index contributed by atoms with van der Waals surface area (Å²) in [5, 5.41) is 0. The molecule has 3 N–H and O–H groups in total. The predicted molar refractivity (Wildman–Crippen MR) is 83.1 cm³/mol. The second-order valence-electron chi connectivity index (χ2n) is 6.31. The Kier molecular flexibility index (Phi) is 4.70. The van der Waals surface area contributed by atoms with Gasteiger partial charge in [0.1, 0.15) is 5.82 Å². The summed E-state index contributed by atoms with van der Waals surface area (Å²) in [6, 6.07) is 9.75. The van der Waals surface area contributed by atoms with Crippen molar-refractivity contribution in [2.75, 3.05) is 0 Å². The van der Waals surface area contributed by atoms with Crippen LogP contribution in [-0.4, -0.2) is 4.98 Å². The zero-order chi connectivity index (χ0) is 15.5. The van der Waals surface area contributed by atoms with E-state index in [4.69, 9.17) is 5.84 Å². The van der Waals surface area contributed by atoms with E-state index in [1.54, 1.807) is 6.20 Å². The van der Waals surface area contributed by atoms with E-state index in [0.29, 0.717) is 6.42 Å². The predicted octanol–water partition coefficient (Wildman–Crippen LogP) is 3.27. The van der Waals surface area contributed by atoms with E-state index < -0.39 is 0 Å². The van der Waals surface area contributed by atoms with E-state index in [9.17, 15) is 4.39 Å². The van der Waals surface area contributed by atoms with Crippen molar-refractivity contribution in [1.82, 2.24) is 10.4 Å². The number of nitrogens with one attached hydrogen (secondary N) is 1. The van der Waals surface area contributed by atoms with Crippen LogP contribution in [0.25, 0.3) is 0 Å². The van der Waals surface area contributed by atoms with Crippen molar-refractivity contribution < 1.29 is 4.39 Å². The number of hydrogen-bond donors (Lipinski definition) is 2. The maximum Gasteiger partial charge on any atom is 0.141 e. The summed E-state index contributed by atoms with van der Waals surface area (Å²) < 4.78 is 13.3. The number of nitrogens with zero attached hydrogens (tertiary/aromatic N) is 1. The largest absolute Gasteiger partial charge is 0.271 e. The first-order chi connectivity index (χ1) is 9.90. The molecule has 3 nitrogen and oxygen atoms in total. The first-order valence-corrected chi connectivity index (χ1v) is 7.06. The Labute approximate surface area is 125 Å². The van der Waals surface area contributed by atoms with Gasteiger partial charge >= 0.3 is 0 Å². The maximum absolute atomic E-state index is 13.3. The molecule has 21 heavy (non-hydrogen) atoms. The highest BCUT2D eigenvalue weighted by atomic mass is 19.1. The average molecular weight is 287 g/mol. The molecule has 0 amide bonds. The average Bonchev–Trinajstić information content (AvgIpc) is 2.44. The lowest BCUT2D eigenvalue weighted by Crippen LogP contribution is -2.29. The number of rotatable bonds is 4. The fourth-order valence-electron chi connectivity index (χ4n) is 2.27. The number of aromatic nitrogens is 1. The third kappa shape index (κ3) is 4.09. The molecule has 0 radical (unpaired) electrons. The molecule has 0 spiro atoms. The van der Waals surface area contributed by atoms with Crippen LogP contribution in [0.1, 0.15) is 43.5 Å². The summed E-state index contributed by atoms with van der Waals surface area (Å²) in [6.07, 6.45) is 3.51. The SMILES string of the molecule is CC(C)(C)c1ccc(CC(NN)c2cncc(F)c2)cc1. The molecule has 2 rings (SSSR count). The molecule has 0 aliphatic carbocycles. The molecule has 1 aromatic heterocycles. The molecule has 0 aliphatic rings. The first-order valence-electron chi connectivity index (χ1n) is 7.06. The molecule has 0 saturated carbocycles. The quantitative estimate of drug-likeness (QED) is 0.670. The Hall–Kier alpha value is -1.78. The van der Waals surface area contributed by atoms with E-state index in [0.717, 1.165) is 11.1 Å². The second-order valence-corrected chi connectivity index (χ2v) is 6.31. The van der Waals surface area contributed by atoms with Gasteiger partial charge in [-0.3, -0.25) is 16.3 Å². The topological polar surface area (TPSA) is 50.9 Å². The van der Waals surface area contributed by atoms with Gasteiger partial charge in [0.25, 0.3) is 0 Å². The number of hydrazine groups is 1. The highest BCUT2D eigenvalue weighted by Crippen LogP contribution is 2.24. The van der Waals surface area contributed by atoms with Gasteiger partial charge < -0.3 is 0 Å². The van der Waals surface area contributed by atoms with Gasteiger partial charge in [-0.15, -0.1) is 0 Å². The number of benzene rings is 1. The van der Waals surface area contributed by atoms with Gasteiger partial charge in [-0.1, -0.05) is 45.0 Å². The summed E-state index contributed by atoms with van der Waals surface area (Å²) in [5.74, 6) is 5.25. The molecule has 0 fully saturated rings. The van der Waals surface area contributed by atoms with Crippen LogP contribution < -0.4 is 11.3 Å². The van der Waals surface area contributed by atoms with Crippen LogP contribution in [0.4, 0.5) is 4.39 Å². The standard InChI is InChI=1S/C17H22FN3/c1-17(2,3)14-6-4-12(5-7-14)8-16(21-19)13-9-15(18)11-20-10-13/h4-7,9-11,16,21H,8,19H2,1-3H3. The van der Waals surface area contributed by atoms with Crippen LogP contribution in [0.5, 0.6) is 0 Å². The van der Waals surface area contributed by atoms with Crippen molar-refractivity contribution >= 4 is 0 Å². The minimum atomic E-state index is -0.351. The van der Waals surface area contributed by atoms with Crippen LogP contribution in [0.2, 0.25) is 0 Å². The lowest BCUT2D eigenvalue weighted by molar-refractivity contribution is 0.540. The van der Waals surface area contributed by atoms with Crippen molar-refractivity contribution in [3.63, 3.8) is 0 Å².